The van der Waals surface area contributed by atoms with Crippen molar-refractivity contribution >= 4 is 17.6 Å². The van der Waals surface area contributed by atoms with E-state index in [4.69, 9.17) is 21.4 Å². The third-order valence-electron chi connectivity index (χ3n) is 2.79. The number of benzene rings is 1. The Bertz CT molecular complexity index is 397. The lowest BCUT2D eigenvalue weighted by Crippen LogP contribution is -2.13. The van der Waals surface area contributed by atoms with Crippen LogP contribution in [0.5, 0.6) is 5.75 Å². The molecule has 0 unspecified atom stereocenters. The molecule has 0 saturated heterocycles. The van der Waals surface area contributed by atoms with Crippen LogP contribution in [0.3, 0.4) is 0 Å². The molecule has 0 bridgehead atoms. The van der Waals surface area contributed by atoms with E-state index >= 15 is 0 Å². The minimum Gasteiger partial charge on any atom is -0.489 e. The molecule has 3 nitrogen and oxygen atoms in total. The molecule has 0 heterocycles. The number of ether oxygens (including phenoxy) is 1. The molecule has 0 radical (unpaired) electrons. The van der Waals surface area contributed by atoms with E-state index < -0.39 is 5.97 Å². The SMILES string of the molecule is O=C(O)c1c(Cl)cccc1OC1CCCC1. The minimum atomic E-state index is -1.04. The van der Waals surface area contributed by atoms with Crippen molar-refractivity contribution in [2.24, 2.45) is 0 Å². The number of hydrogen-bond donors (Lipinski definition) is 1. The predicted octanol–water partition coefficient (Wildman–Crippen LogP) is 3.36. The smallest absolute Gasteiger partial charge is 0.341 e. The Hall–Kier alpha value is -1.22. The maximum atomic E-state index is 11.1. The molecule has 0 amide bonds. The first-order valence-electron chi connectivity index (χ1n) is 5.37. The molecule has 0 aliphatic heterocycles. The molecule has 16 heavy (non-hydrogen) atoms. The zero-order valence-electron chi connectivity index (χ0n) is 8.78. The van der Waals surface area contributed by atoms with Crippen LogP contribution in [0.4, 0.5) is 0 Å². The highest BCUT2D eigenvalue weighted by molar-refractivity contribution is 6.33. The Balaban J connectivity index is 2.25. The molecule has 1 fully saturated rings. The molecule has 0 aromatic heterocycles. The van der Waals surface area contributed by atoms with E-state index in [9.17, 15) is 4.79 Å². The van der Waals surface area contributed by atoms with Crippen molar-refractivity contribution in [1.82, 2.24) is 0 Å². The lowest BCUT2D eigenvalue weighted by Gasteiger charge is -2.15. The molecule has 1 aliphatic carbocycles. The second-order valence-corrected chi connectivity index (χ2v) is 4.35. The first kappa shape index (κ1) is 11.3. The summed E-state index contributed by atoms with van der Waals surface area (Å²) in [5, 5.41) is 9.28. The molecule has 86 valence electrons. The van der Waals surface area contributed by atoms with Gasteiger partial charge in [-0.05, 0) is 37.8 Å². The molecule has 0 spiro atoms. The van der Waals surface area contributed by atoms with Gasteiger partial charge in [0.25, 0.3) is 0 Å². The normalized spacial score (nSPS) is 16.3. The number of halogens is 1. The second-order valence-electron chi connectivity index (χ2n) is 3.94. The number of hydrogen-bond acceptors (Lipinski definition) is 2. The summed E-state index contributed by atoms with van der Waals surface area (Å²) < 4.78 is 5.68. The van der Waals surface area contributed by atoms with Gasteiger partial charge in [0.2, 0.25) is 0 Å². The topological polar surface area (TPSA) is 46.5 Å². The van der Waals surface area contributed by atoms with Crippen molar-refractivity contribution in [2.45, 2.75) is 31.8 Å². The van der Waals surface area contributed by atoms with Crippen molar-refractivity contribution < 1.29 is 14.6 Å². The zero-order valence-corrected chi connectivity index (χ0v) is 9.54. The van der Waals surface area contributed by atoms with Gasteiger partial charge in [-0.25, -0.2) is 4.79 Å². The van der Waals surface area contributed by atoms with Crippen molar-refractivity contribution in [1.29, 1.82) is 0 Å². The van der Waals surface area contributed by atoms with E-state index in [1.54, 1.807) is 18.2 Å². The van der Waals surface area contributed by atoms with Gasteiger partial charge < -0.3 is 9.84 Å². The van der Waals surface area contributed by atoms with Gasteiger partial charge in [-0.15, -0.1) is 0 Å². The van der Waals surface area contributed by atoms with Gasteiger partial charge in [0.1, 0.15) is 11.3 Å². The van der Waals surface area contributed by atoms with Crippen LogP contribution in [0.15, 0.2) is 18.2 Å². The monoisotopic (exact) mass is 240 g/mol. The van der Waals surface area contributed by atoms with Crippen LogP contribution in [-0.4, -0.2) is 17.2 Å². The molecule has 1 saturated carbocycles. The number of aromatic carboxylic acids is 1. The number of rotatable bonds is 3. The summed E-state index contributed by atoms with van der Waals surface area (Å²) in [5.41, 5.74) is 0.0658. The summed E-state index contributed by atoms with van der Waals surface area (Å²) in [6.07, 6.45) is 4.41. The van der Waals surface area contributed by atoms with Gasteiger partial charge >= 0.3 is 5.97 Å². The average Bonchev–Trinajstić information content (AvgIpc) is 2.70. The molecule has 2 rings (SSSR count). The fourth-order valence-corrected chi connectivity index (χ4v) is 2.24. The second kappa shape index (κ2) is 4.74. The average molecular weight is 241 g/mol. The summed E-state index contributed by atoms with van der Waals surface area (Å²) in [6.45, 7) is 0. The van der Waals surface area contributed by atoms with Gasteiger partial charge in [-0.3, -0.25) is 0 Å². The Morgan fingerprint density at radius 2 is 2.06 bits per heavy atom. The molecule has 1 aromatic rings. The maximum Gasteiger partial charge on any atom is 0.341 e. The van der Waals surface area contributed by atoms with E-state index in [2.05, 4.69) is 0 Å². The van der Waals surface area contributed by atoms with Gasteiger partial charge in [0.05, 0.1) is 11.1 Å². The van der Waals surface area contributed by atoms with E-state index in [0.29, 0.717) is 5.75 Å². The van der Waals surface area contributed by atoms with Gasteiger partial charge in [-0.1, -0.05) is 17.7 Å². The molecular formula is C12H13ClO3. The Labute approximate surface area is 99.0 Å². The highest BCUT2D eigenvalue weighted by atomic mass is 35.5. The van der Waals surface area contributed by atoms with Crippen molar-refractivity contribution in [3.8, 4) is 5.75 Å². The van der Waals surface area contributed by atoms with E-state index in [-0.39, 0.29) is 16.7 Å². The summed E-state index contributed by atoms with van der Waals surface area (Å²) in [5.74, 6) is -0.662. The fourth-order valence-electron chi connectivity index (χ4n) is 2.00. The van der Waals surface area contributed by atoms with E-state index in [1.165, 1.54) is 0 Å². The summed E-state index contributed by atoms with van der Waals surface area (Å²) in [6, 6.07) is 4.93. The number of carboxylic acids is 1. The van der Waals surface area contributed by atoms with Crippen LogP contribution in [-0.2, 0) is 0 Å². The highest BCUT2D eigenvalue weighted by Crippen LogP contribution is 2.30. The van der Waals surface area contributed by atoms with Crippen molar-refractivity contribution in [3.63, 3.8) is 0 Å². The van der Waals surface area contributed by atoms with Crippen LogP contribution in [0.25, 0.3) is 0 Å². The van der Waals surface area contributed by atoms with Crippen LogP contribution >= 0.6 is 11.6 Å². The lowest BCUT2D eigenvalue weighted by molar-refractivity contribution is 0.0689. The van der Waals surface area contributed by atoms with Crippen LogP contribution in [0, 0.1) is 0 Å². The van der Waals surface area contributed by atoms with Crippen LogP contribution in [0.2, 0.25) is 5.02 Å². The third-order valence-corrected chi connectivity index (χ3v) is 3.10. The lowest BCUT2D eigenvalue weighted by atomic mass is 10.2. The summed E-state index contributed by atoms with van der Waals surface area (Å²) in [7, 11) is 0. The largest absolute Gasteiger partial charge is 0.489 e. The number of carboxylic acid groups (broad SMARTS) is 1. The Morgan fingerprint density at radius 3 is 2.69 bits per heavy atom. The van der Waals surface area contributed by atoms with Gasteiger partial charge in [0, 0.05) is 0 Å². The molecule has 0 atom stereocenters. The standard InChI is InChI=1S/C12H13ClO3/c13-9-6-3-7-10(11(9)12(14)15)16-8-4-1-2-5-8/h3,6-8H,1-2,4-5H2,(H,14,15). The first-order chi connectivity index (χ1) is 7.68. The maximum absolute atomic E-state index is 11.1. The number of carbonyl (C=O) groups is 1. The zero-order chi connectivity index (χ0) is 11.5. The molecule has 1 N–H and O–H groups in total. The first-order valence-corrected chi connectivity index (χ1v) is 5.75. The predicted molar refractivity (Wildman–Crippen MR) is 61.3 cm³/mol. The van der Waals surface area contributed by atoms with E-state index in [0.717, 1.165) is 25.7 Å². The molecule has 1 aromatic carbocycles. The third kappa shape index (κ3) is 2.30. The summed E-state index contributed by atoms with van der Waals surface area (Å²) in [4.78, 5) is 11.1. The minimum absolute atomic E-state index is 0.0658. The van der Waals surface area contributed by atoms with Crippen LogP contribution < -0.4 is 4.74 Å². The van der Waals surface area contributed by atoms with E-state index in [1.807, 2.05) is 0 Å². The molecular weight excluding hydrogens is 228 g/mol. The van der Waals surface area contributed by atoms with Gasteiger partial charge in [-0.2, -0.15) is 0 Å². The van der Waals surface area contributed by atoms with Crippen LogP contribution in [0.1, 0.15) is 36.0 Å². The summed E-state index contributed by atoms with van der Waals surface area (Å²) >= 11 is 5.85. The highest BCUT2D eigenvalue weighted by Gasteiger charge is 2.21. The fraction of sp³-hybridized carbons (Fsp3) is 0.417. The van der Waals surface area contributed by atoms with Crippen molar-refractivity contribution in [3.05, 3.63) is 28.8 Å². The quantitative estimate of drug-likeness (QED) is 0.881. The Morgan fingerprint density at radius 1 is 1.38 bits per heavy atom. The Kier molecular flexibility index (Phi) is 3.34. The van der Waals surface area contributed by atoms with Gasteiger partial charge in [0.15, 0.2) is 0 Å². The molecule has 4 heteroatoms. The van der Waals surface area contributed by atoms with Crippen molar-refractivity contribution in [2.75, 3.05) is 0 Å². The molecule has 1 aliphatic rings.